The molecule has 7 heteroatoms. The third-order valence-corrected chi connectivity index (χ3v) is 4.89. The van der Waals surface area contributed by atoms with E-state index in [4.69, 9.17) is 0 Å². The topological polar surface area (TPSA) is 83.0 Å². The van der Waals surface area contributed by atoms with Gasteiger partial charge in [0.1, 0.15) is 17.1 Å². The Labute approximate surface area is 129 Å². The summed E-state index contributed by atoms with van der Waals surface area (Å²) in [5, 5.41) is 9.74. The quantitative estimate of drug-likeness (QED) is 0.729. The summed E-state index contributed by atoms with van der Waals surface area (Å²) in [4.78, 5) is 7.61. The van der Waals surface area contributed by atoms with Gasteiger partial charge >= 0.3 is 0 Å². The van der Waals surface area contributed by atoms with Crippen LogP contribution in [-0.4, -0.2) is 29.7 Å². The molecule has 21 heavy (non-hydrogen) atoms. The summed E-state index contributed by atoms with van der Waals surface area (Å²) in [6.45, 7) is 0. The largest absolute Gasteiger partial charge is 0.507 e. The molecule has 1 aromatic heterocycles. The number of para-hydroxylation sites is 1. The van der Waals surface area contributed by atoms with Crippen molar-refractivity contribution in [2.24, 2.45) is 0 Å². The molecule has 3 rings (SSSR count). The molecule has 0 aliphatic carbocycles. The van der Waals surface area contributed by atoms with E-state index < -0.39 is 9.84 Å². The average molecular weight is 367 g/mol. The second kappa shape index (κ2) is 4.85. The second-order valence-electron chi connectivity index (χ2n) is 4.68. The zero-order valence-corrected chi connectivity index (χ0v) is 13.4. The van der Waals surface area contributed by atoms with Crippen LogP contribution in [-0.2, 0) is 9.84 Å². The SMILES string of the molecule is CS(=O)(=O)c1cccc2[nH]c(-c3ccc(Br)c(O)c3)nc12. The maximum atomic E-state index is 11.8. The van der Waals surface area contributed by atoms with Gasteiger partial charge in [-0.05, 0) is 46.3 Å². The number of H-pyrrole nitrogens is 1. The van der Waals surface area contributed by atoms with Crippen molar-refractivity contribution in [3.63, 3.8) is 0 Å². The summed E-state index contributed by atoms with van der Waals surface area (Å²) >= 11 is 3.21. The highest BCUT2D eigenvalue weighted by atomic mass is 79.9. The van der Waals surface area contributed by atoms with Gasteiger partial charge in [0.2, 0.25) is 0 Å². The lowest BCUT2D eigenvalue weighted by atomic mass is 10.2. The maximum Gasteiger partial charge on any atom is 0.177 e. The summed E-state index contributed by atoms with van der Waals surface area (Å²) < 4.78 is 24.2. The number of aromatic hydroxyl groups is 1. The molecule has 3 aromatic rings. The lowest BCUT2D eigenvalue weighted by Crippen LogP contribution is -1.97. The van der Waals surface area contributed by atoms with Crippen molar-refractivity contribution in [2.45, 2.75) is 4.90 Å². The van der Waals surface area contributed by atoms with Gasteiger partial charge < -0.3 is 10.1 Å². The van der Waals surface area contributed by atoms with E-state index in [0.29, 0.717) is 26.9 Å². The monoisotopic (exact) mass is 366 g/mol. The fourth-order valence-electron chi connectivity index (χ4n) is 2.10. The van der Waals surface area contributed by atoms with Crippen LogP contribution in [0, 0.1) is 0 Å². The Hall–Kier alpha value is -1.86. The van der Waals surface area contributed by atoms with Gasteiger partial charge in [-0.15, -0.1) is 0 Å². The number of sulfone groups is 1. The minimum atomic E-state index is -3.35. The summed E-state index contributed by atoms with van der Waals surface area (Å²) in [5.74, 6) is 0.597. The molecule has 0 aliphatic heterocycles. The molecule has 1 heterocycles. The first-order valence-corrected chi connectivity index (χ1v) is 8.72. The Morgan fingerprint density at radius 2 is 2.00 bits per heavy atom. The van der Waals surface area contributed by atoms with E-state index in [9.17, 15) is 13.5 Å². The predicted molar refractivity (Wildman–Crippen MR) is 84.0 cm³/mol. The summed E-state index contributed by atoms with van der Waals surface area (Å²) in [7, 11) is -3.35. The average Bonchev–Trinajstić information content (AvgIpc) is 2.84. The Morgan fingerprint density at radius 3 is 2.67 bits per heavy atom. The molecule has 0 spiro atoms. The molecule has 0 saturated heterocycles. The number of aromatic nitrogens is 2. The normalized spacial score (nSPS) is 11.9. The zero-order chi connectivity index (χ0) is 15.2. The number of phenolic OH excluding ortho intramolecular Hbond substituents is 1. The number of nitrogens with one attached hydrogen (secondary N) is 1. The third-order valence-electron chi connectivity index (χ3n) is 3.09. The molecule has 0 amide bonds. The number of halogens is 1. The molecule has 0 unspecified atom stereocenters. The van der Waals surface area contributed by atoms with Gasteiger partial charge in [-0.2, -0.15) is 0 Å². The minimum Gasteiger partial charge on any atom is -0.507 e. The third kappa shape index (κ3) is 2.54. The summed E-state index contributed by atoms with van der Waals surface area (Å²) in [6, 6.07) is 10.00. The predicted octanol–water partition coefficient (Wildman–Crippen LogP) is 3.10. The molecule has 5 nitrogen and oxygen atoms in total. The molecule has 2 N–H and O–H groups in total. The van der Waals surface area contributed by atoms with E-state index in [1.807, 2.05) is 0 Å². The number of nitrogens with zero attached hydrogens (tertiary/aromatic N) is 1. The van der Waals surface area contributed by atoms with Crippen LogP contribution in [0.15, 0.2) is 45.8 Å². The fraction of sp³-hybridized carbons (Fsp3) is 0.0714. The highest BCUT2D eigenvalue weighted by Crippen LogP contribution is 2.30. The zero-order valence-electron chi connectivity index (χ0n) is 11.0. The highest BCUT2D eigenvalue weighted by Gasteiger charge is 2.16. The number of benzene rings is 2. The van der Waals surface area contributed by atoms with Crippen molar-refractivity contribution in [3.05, 3.63) is 40.9 Å². The molecule has 0 saturated carbocycles. The minimum absolute atomic E-state index is 0.0938. The maximum absolute atomic E-state index is 11.8. The van der Waals surface area contributed by atoms with Gasteiger partial charge in [0, 0.05) is 11.8 Å². The Kier molecular flexibility index (Phi) is 3.26. The number of imidazole rings is 1. The van der Waals surface area contributed by atoms with Crippen LogP contribution in [0.1, 0.15) is 0 Å². The van der Waals surface area contributed by atoms with E-state index in [2.05, 4.69) is 25.9 Å². The van der Waals surface area contributed by atoms with Crippen molar-refractivity contribution in [1.29, 1.82) is 0 Å². The lowest BCUT2D eigenvalue weighted by Gasteiger charge is -2.00. The van der Waals surface area contributed by atoms with Gasteiger partial charge in [0.15, 0.2) is 9.84 Å². The van der Waals surface area contributed by atoms with Gasteiger partial charge in [0.05, 0.1) is 14.9 Å². The van der Waals surface area contributed by atoms with E-state index >= 15 is 0 Å². The van der Waals surface area contributed by atoms with E-state index in [1.165, 1.54) is 6.07 Å². The molecule has 0 bridgehead atoms. The molecule has 0 atom stereocenters. The Bertz CT molecular complexity index is 948. The van der Waals surface area contributed by atoms with Crippen LogP contribution in [0.5, 0.6) is 5.75 Å². The van der Waals surface area contributed by atoms with Crippen LogP contribution in [0.4, 0.5) is 0 Å². The number of hydrogen-bond acceptors (Lipinski definition) is 4. The Balaban J connectivity index is 2.24. The summed E-state index contributed by atoms with van der Waals surface area (Å²) in [5.41, 5.74) is 1.71. The number of hydrogen-bond donors (Lipinski definition) is 2. The first kappa shape index (κ1) is 14.1. The van der Waals surface area contributed by atoms with Crippen molar-refractivity contribution >= 4 is 36.8 Å². The molecule has 108 valence electrons. The number of aromatic amines is 1. The molecule has 0 fully saturated rings. The van der Waals surface area contributed by atoms with Crippen molar-refractivity contribution < 1.29 is 13.5 Å². The van der Waals surface area contributed by atoms with Gasteiger partial charge in [-0.3, -0.25) is 0 Å². The number of rotatable bonds is 2. The van der Waals surface area contributed by atoms with E-state index in [1.54, 1.807) is 30.3 Å². The Morgan fingerprint density at radius 1 is 1.24 bits per heavy atom. The van der Waals surface area contributed by atoms with Gasteiger partial charge in [-0.25, -0.2) is 13.4 Å². The van der Waals surface area contributed by atoms with Crippen LogP contribution in [0.2, 0.25) is 0 Å². The van der Waals surface area contributed by atoms with Gasteiger partial charge in [0.25, 0.3) is 0 Å². The standard InChI is InChI=1S/C14H11BrN2O3S/c1-21(19,20)12-4-2-3-10-13(12)17-14(16-10)8-5-6-9(15)11(18)7-8/h2-7,18H,1H3,(H,16,17). The molecular formula is C14H11BrN2O3S. The number of fused-ring (bicyclic) bond motifs is 1. The molecule has 0 radical (unpaired) electrons. The van der Waals surface area contributed by atoms with Gasteiger partial charge in [-0.1, -0.05) is 6.07 Å². The lowest BCUT2D eigenvalue weighted by molar-refractivity contribution is 0.472. The van der Waals surface area contributed by atoms with Crippen molar-refractivity contribution in [1.82, 2.24) is 9.97 Å². The smallest absolute Gasteiger partial charge is 0.177 e. The first-order chi connectivity index (χ1) is 9.86. The number of phenols is 1. The van der Waals surface area contributed by atoms with Crippen molar-refractivity contribution in [3.8, 4) is 17.1 Å². The second-order valence-corrected chi connectivity index (χ2v) is 7.51. The van der Waals surface area contributed by atoms with Crippen LogP contribution in [0.25, 0.3) is 22.4 Å². The van der Waals surface area contributed by atoms with Crippen molar-refractivity contribution in [2.75, 3.05) is 6.26 Å². The fourth-order valence-corrected chi connectivity index (χ4v) is 3.18. The highest BCUT2D eigenvalue weighted by molar-refractivity contribution is 9.10. The molecular weight excluding hydrogens is 356 g/mol. The first-order valence-electron chi connectivity index (χ1n) is 6.04. The molecule has 0 aliphatic rings. The summed E-state index contributed by atoms with van der Waals surface area (Å²) in [6.07, 6.45) is 1.15. The van der Waals surface area contributed by atoms with Crippen LogP contribution in [0.3, 0.4) is 0 Å². The van der Waals surface area contributed by atoms with E-state index in [-0.39, 0.29) is 10.6 Å². The molecule has 2 aromatic carbocycles. The van der Waals surface area contributed by atoms with Crippen LogP contribution < -0.4 is 0 Å². The van der Waals surface area contributed by atoms with E-state index in [0.717, 1.165) is 6.26 Å². The van der Waals surface area contributed by atoms with Crippen LogP contribution >= 0.6 is 15.9 Å².